The molecule has 1 unspecified atom stereocenters. The summed E-state index contributed by atoms with van der Waals surface area (Å²) in [5, 5.41) is 4.92. The summed E-state index contributed by atoms with van der Waals surface area (Å²) in [5.41, 5.74) is 0.156. The first-order chi connectivity index (χ1) is 12.9. The van der Waals surface area contributed by atoms with E-state index >= 15 is 0 Å². The quantitative estimate of drug-likeness (QED) is 0.690. The molecule has 0 spiro atoms. The Morgan fingerprint density at radius 3 is 2.56 bits per heavy atom. The van der Waals surface area contributed by atoms with Gasteiger partial charge in [0.25, 0.3) is 5.91 Å². The Balaban J connectivity index is 1.73. The second kappa shape index (κ2) is 7.98. The van der Waals surface area contributed by atoms with Crippen molar-refractivity contribution in [3.05, 3.63) is 64.4 Å². The van der Waals surface area contributed by atoms with Gasteiger partial charge in [-0.05, 0) is 45.3 Å². The van der Waals surface area contributed by atoms with Crippen molar-refractivity contribution in [2.75, 3.05) is 20.6 Å². The lowest BCUT2D eigenvalue weighted by molar-refractivity contribution is 0.0936. The van der Waals surface area contributed by atoms with Crippen LogP contribution in [0.5, 0.6) is 0 Å². The lowest BCUT2D eigenvalue weighted by atomic mass is 10.0. The van der Waals surface area contributed by atoms with Crippen LogP contribution in [0.1, 0.15) is 27.9 Å². The van der Waals surface area contributed by atoms with Gasteiger partial charge in [0.15, 0.2) is 10.8 Å². The van der Waals surface area contributed by atoms with Crippen LogP contribution in [0.15, 0.2) is 40.1 Å². The van der Waals surface area contributed by atoms with Crippen LogP contribution < -0.4 is 5.32 Å². The van der Waals surface area contributed by atoms with E-state index in [-0.39, 0.29) is 17.8 Å². The van der Waals surface area contributed by atoms with Crippen molar-refractivity contribution >= 4 is 17.2 Å². The number of furan rings is 1. The minimum Gasteiger partial charge on any atom is -0.459 e. The molecule has 2 aromatic heterocycles. The first-order valence-corrected chi connectivity index (χ1v) is 9.15. The number of thiazole rings is 1. The first kappa shape index (κ1) is 19.2. The highest BCUT2D eigenvalue weighted by Crippen LogP contribution is 2.26. The molecule has 0 radical (unpaired) electrons. The molecule has 3 rings (SSSR count). The fraction of sp³-hybridized carbons (Fsp3) is 0.263. The third-order valence-electron chi connectivity index (χ3n) is 4.10. The fourth-order valence-electron chi connectivity index (χ4n) is 2.69. The summed E-state index contributed by atoms with van der Waals surface area (Å²) >= 11 is 1.29. The Bertz CT molecular complexity index is 932. The Morgan fingerprint density at radius 2 is 1.96 bits per heavy atom. The van der Waals surface area contributed by atoms with E-state index in [1.807, 2.05) is 13.0 Å². The molecule has 1 N–H and O–H groups in total. The van der Waals surface area contributed by atoms with E-state index in [0.717, 1.165) is 5.76 Å². The lowest BCUT2D eigenvalue weighted by Crippen LogP contribution is -2.35. The molecule has 0 bridgehead atoms. The molecule has 3 aromatic rings. The largest absolute Gasteiger partial charge is 0.459 e. The second-order valence-corrected chi connectivity index (χ2v) is 7.13. The number of amides is 1. The van der Waals surface area contributed by atoms with Crippen molar-refractivity contribution in [3.8, 4) is 10.8 Å². The fourth-order valence-corrected chi connectivity index (χ4v) is 3.45. The monoisotopic (exact) mass is 391 g/mol. The highest BCUT2D eigenvalue weighted by atomic mass is 32.1. The zero-order chi connectivity index (χ0) is 19.6. The normalized spacial score (nSPS) is 12.4. The van der Waals surface area contributed by atoms with Gasteiger partial charge in [0, 0.05) is 17.5 Å². The molecule has 0 saturated heterocycles. The molecule has 1 atom stereocenters. The van der Waals surface area contributed by atoms with Crippen LogP contribution in [0.4, 0.5) is 8.78 Å². The van der Waals surface area contributed by atoms with Gasteiger partial charge in [0.1, 0.15) is 23.1 Å². The summed E-state index contributed by atoms with van der Waals surface area (Å²) < 4.78 is 33.7. The number of carbonyl (C=O) groups excluding carboxylic acids is 1. The standard InChI is InChI=1S/C19H19F2N3O2S/c1-11-7-8-16(26-11)19-23-14(10-27-19)18(25)22-9-15(24(2)3)17-12(20)5-4-6-13(17)21/h4-8,10,15H,9H2,1-3H3,(H,22,25). The molecule has 0 aliphatic carbocycles. The molecule has 1 amide bonds. The zero-order valence-electron chi connectivity index (χ0n) is 15.1. The van der Waals surface area contributed by atoms with E-state index in [2.05, 4.69) is 10.3 Å². The molecule has 142 valence electrons. The lowest BCUT2D eigenvalue weighted by Gasteiger charge is -2.25. The Morgan fingerprint density at radius 1 is 1.26 bits per heavy atom. The number of aryl methyl sites for hydroxylation is 1. The van der Waals surface area contributed by atoms with Crippen LogP contribution in [0.3, 0.4) is 0 Å². The minimum atomic E-state index is -0.652. The summed E-state index contributed by atoms with van der Waals surface area (Å²) in [6, 6.07) is 6.68. The van der Waals surface area contributed by atoms with Gasteiger partial charge in [-0.15, -0.1) is 11.3 Å². The second-order valence-electron chi connectivity index (χ2n) is 6.27. The summed E-state index contributed by atoms with van der Waals surface area (Å²) in [7, 11) is 3.39. The Labute approximate surface area is 159 Å². The molecule has 2 heterocycles. The number of nitrogens with one attached hydrogen (secondary N) is 1. The van der Waals surface area contributed by atoms with Gasteiger partial charge in [-0.3, -0.25) is 4.79 Å². The van der Waals surface area contributed by atoms with E-state index in [1.54, 1.807) is 30.4 Å². The number of hydrogen-bond acceptors (Lipinski definition) is 5. The Hall–Kier alpha value is -2.58. The van der Waals surface area contributed by atoms with Gasteiger partial charge in [0.2, 0.25) is 0 Å². The number of benzene rings is 1. The number of hydrogen-bond donors (Lipinski definition) is 1. The highest BCUT2D eigenvalue weighted by molar-refractivity contribution is 7.13. The van der Waals surface area contributed by atoms with E-state index in [0.29, 0.717) is 10.8 Å². The third kappa shape index (κ3) is 4.23. The summed E-state index contributed by atoms with van der Waals surface area (Å²) in [6.45, 7) is 1.87. The number of aromatic nitrogens is 1. The maximum atomic E-state index is 14.1. The molecule has 0 aliphatic rings. The predicted molar refractivity (Wildman–Crippen MR) is 99.7 cm³/mol. The van der Waals surface area contributed by atoms with Crippen LogP contribution in [-0.4, -0.2) is 36.4 Å². The SMILES string of the molecule is Cc1ccc(-c2nc(C(=O)NCC(c3c(F)cccc3F)N(C)C)cs2)o1. The number of halogens is 2. The molecular formula is C19H19F2N3O2S. The van der Waals surface area contributed by atoms with Gasteiger partial charge < -0.3 is 14.6 Å². The topological polar surface area (TPSA) is 58.4 Å². The average molecular weight is 391 g/mol. The average Bonchev–Trinajstić information content (AvgIpc) is 3.25. The maximum absolute atomic E-state index is 14.1. The minimum absolute atomic E-state index is 0.0381. The smallest absolute Gasteiger partial charge is 0.270 e. The number of carbonyl (C=O) groups is 1. The summed E-state index contributed by atoms with van der Waals surface area (Å²) in [4.78, 5) is 18.3. The van der Waals surface area contributed by atoms with Gasteiger partial charge >= 0.3 is 0 Å². The van der Waals surface area contributed by atoms with Crippen LogP contribution in [0.25, 0.3) is 10.8 Å². The molecular weight excluding hydrogens is 372 g/mol. The van der Waals surface area contributed by atoms with E-state index in [9.17, 15) is 13.6 Å². The summed E-state index contributed by atoms with van der Waals surface area (Å²) in [5.74, 6) is -0.355. The van der Waals surface area contributed by atoms with Gasteiger partial charge in [-0.25, -0.2) is 13.8 Å². The van der Waals surface area contributed by atoms with Crippen molar-refractivity contribution in [1.29, 1.82) is 0 Å². The molecule has 8 heteroatoms. The van der Waals surface area contributed by atoms with Crippen molar-refractivity contribution in [2.45, 2.75) is 13.0 Å². The molecule has 0 fully saturated rings. The number of rotatable bonds is 6. The molecule has 27 heavy (non-hydrogen) atoms. The van der Waals surface area contributed by atoms with Crippen LogP contribution in [0.2, 0.25) is 0 Å². The van der Waals surface area contributed by atoms with Gasteiger partial charge in [-0.1, -0.05) is 6.07 Å². The summed E-state index contributed by atoms with van der Waals surface area (Å²) in [6.07, 6.45) is 0. The number of nitrogens with zero attached hydrogens (tertiary/aromatic N) is 2. The van der Waals surface area contributed by atoms with Crippen molar-refractivity contribution < 1.29 is 18.0 Å². The molecule has 0 aliphatic heterocycles. The van der Waals surface area contributed by atoms with Crippen molar-refractivity contribution in [1.82, 2.24) is 15.2 Å². The van der Waals surface area contributed by atoms with Crippen LogP contribution in [-0.2, 0) is 0 Å². The molecule has 1 aromatic carbocycles. The predicted octanol–water partition coefficient (Wildman–Crippen LogP) is 4.02. The number of likely N-dealkylation sites (N-methyl/N-ethyl adjacent to an activating group) is 1. The zero-order valence-corrected chi connectivity index (χ0v) is 15.9. The maximum Gasteiger partial charge on any atom is 0.270 e. The van der Waals surface area contributed by atoms with Crippen LogP contribution in [0, 0.1) is 18.6 Å². The molecule has 5 nitrogen and oxygen atoms in total. The van der Waals surface area contributed by atoms with Crippen molar-refractivity contribution in [2.24, 2.45) is 0 Å². The van der Waals surface area contributed by atoms with Crippen LogP contribution >= 0.6 is 11.3 Å². The first-order valence-electron chi connectivity index (χ1n) is 8.27. The third-order valence-corrected chi connectivity index (χ3v) is 4.96. The molecule has 0 saturated carbocycles. The van der Waals surface area contributed by atoms with E-state index < -0.39 is 23.6 Å². The Kier molecular flexibility index (Phi) is 5.67. The van der Waals surface area contributed by atoms with E-state index in [4.69, 9.17) is 4.42 Å². The van der Waals surface area contributed by atoms with E-state index in [1.165, 1.54) is 29.5 Å². The van der Waals surface area contributed by atoms with Gasteiger partial charge in [0.05, 0.1) is 6.04 Å². The van der Waals surface area contributed by atoms with Crippen molar-refractivity contribution in [3.63, 3.8) is 0 Å². The highest BCUT2D eigenvalue weighted by Gasteiger charge is 2.23. The van der Waals surface area contributed by atoms with Gasteiger partial charge in [-0.2, -0.15) is 0 Å².